The van der Waals surface area contributed by atoms with Crippen LogP contribution in [0.4, 0.5) is 4.79 Å². The molecule has 0 aliphatic rings. The highest BCUT2D eigenvalue weighted by atomic mass is 16.5. The Morgan fingerprint density at radius 1 is 0.879 bits per heavy atom. The van der Waals surface area contributed by atoms with Crippen molar-refractivity contribution in [2.45, 2.75) is 19.0 Å². The normalized spacial score (nSPS) is 11.2. The van der Waals surface area contributed by atoms with E-state index in [4.69, 9.17) is 9.15 Å². The third kappa shape index (κ3) is 7.66. The summed E-state index contributed by atoms with van der Waals surface area (Å²) in [6.45, 7) is -0.587. The van der Waals surface area contributed by atoms with E-state index in [0.29, 0.717) is 11.3 Å². The number of hydrogen-bond donors (Lipinski definition) is 3. The summed E-state index contributed by atoms with van der Waals surface area (Å²) < 4.78 is 10.1. The fourth-order valence-electron chi connectivity index (χ4n) is 2.90. The molecule has 170 valence electrons. The van der Waals surface area contributed by atoms with E-state index in [9.17, 15) is 19.2 Å². The lowest BCUT2D eigenvalue weighted by Gasteiger charge is -2.18. The van der Waals surface area contributed by atoms with E-state index in [1.54, 1.807) is 42.5 Å². The Morgan fingerprint density at radius 2 is 1.58 bits per heavy atom. The van der Waals surface area contributed by atoms with Gasteiger partial charge in [0.25, 0.3) is 11.8 Å². The van der Waals surface area contributed by atoms with Crippen LogP contribution >= 0.6 is 0 Å². The minimum atomic E-state index is -1.03. The van der Waals surface area contributed by atoms with Crippen LogP contribution in [0.1, 0.15) is 21.7 Å². The number of hydrogen-bond acceptors (Lipinski definition) is 6. The van der Waals surface area contributed by atoms with Crippen LogP contribution in [0.25, 0.3) is 0 Å². The summed E-state index contributed by atoms with van der Waals surface area (Å²) >= 11 is 0. The van der Waals surface area contributed by atoms with Gasteiger partial charge in [0.05, 0.1) is 12.8 Å². The Bertz CT molecular complexity index is 1070. The summed E-state index contributed by atoms with van der Waals surface area (Å²) in [5, 5.41) is 7.15. The van der Waals surface area contributed by atoms with Gasteiger partial charge in [-0.25, -0.2) is 9.59 Å². The summed E-state index contributed by atoms with van der Waals surface area (Å²) in [5.41, 5.74) is 1.18. The van der Waals surface area contributed by atoms with Gasteiger partial charge in [-0.1, -0.05) is 48.5 Å². The SMILES string of the molecule is O=C(COC(=O)C(Cc1ccccc1)NC(=O)c1ccccc1)NC(=O)NCc1ccco1. The third-order valence-corrected chi connectivity index (χ3v) is 4.51. The van der Waals surface area contributed by atoms with Gasteiger partial charge in [-0.15, -0.1) is 0 Å². The number of esters is 1. The van der Waals surface area contributed by atoms with Crippen molar-refractivity contribution in [1.82, 2.24) is 16.0 Å². The topological polar surface area (TPSA) is 127 Å². The van der Waals surface area contributed by atoms with Crippen LogP contribution in [0.2, 0.25) is 0 Å². The second-order valence-electron chi connectivity index (χ2n) is 7.00. The van der Waals surface area contributed by atoms with E-state index in [-0.39, 0.29) is 13.0 Å². The lowest BCUT2D eigenvalue weighted by atomic mass is 10.1. The molecule has 0 radical (unpaired) electrons. The number of ether oxygens (including phenoxy) is 1. The molecule has 0 saturated carbocycles. The molecule has 0 spiro atoms. The van der Waals surface area contributed by atoms with Gasteiger partial charge in [0.1, 0.15) is 11.8 Å². The van der Waals surface area contributed by atoms with Crippen molar-refractivity contribution in [1.29, 1.82) is 0 Å². The molecular weight excluding hydrogens is 426 g/mol. The molecule has 4 amide bonds. The fraction of sp³-hybridized carbons (Fsp3) is 0.167. The predicted octanol–water partition coefficient (Wildman–Crippen LogP) is 2.19. The molecule has 1 atom stereocenters. The first kappa shape index (κ1) is 23.3. The number of benzene rings is 2. The second-order valence-corrected chi connectivity index (χ2v) is 7.00. The van der Waals surface area contributed by atoms with Crippen molar-refractivity contribution in [2.24, 2.45) is 0 Å². The van der Waals surface area contributed by atoms with Gasteiger partial charge in [0.2, 0.25) is 0 Å². The standard InChI is InChI=1S/C24H23N3O6/c28-21(27-24(31)25-15-19-12-7-13-32-19)16-33-23(30)20(14-17-8-3-1-4-9-17)26-22(29)18-10-5-2-6-11-18/h1-13,20H,14-16H2,(H,26,29)(H2,25,27,28,31). The van der Waals surface area contributed by atoms with Gasteiger partial charge in [0, 0.05) is 12.0 Å². The highest BCUT2D eigenvalue weighted by molar-refractivity contribution is 5.98. The largest absolute Gasteiger partial charge is 0.467 e. The Kier molecular flexibility index (Phi) is 8.35. The van der Waals surface area contributed by atoms with Crippen LogP contribution in [-0.2, 0) is 27.3 Å². The van der Waals surface area contributed by atoms with Gasteiger partial charge in [-0.3, -0.25) is 14.9 Å². The lowest BCUT2D eigenvalue weighted by molar-refractivity contribution is -0.150. The molecule has 0 bridgehead atoms. The van der Waals surface area contributed by atoms with Gasteiger partial charge in [-0.2, -0.15) is 0 Å². The summed E-state index contributed by atoms with van der Waals surface area (Å²) in [7, 11) is 0. The second kappa shape index (κ2) is 11.8. The zero-order valence-electron chi connectivity index (χ0n) is 17.7. The van der Waals surface area contributed by atoms with Gasteiger partial charge in [0.15, 0.2) is 6.61 Å². The summed E-state index contributed by atoms with van der Waals surface area (Å²) in [4.78, 5) is 49.0. The molecule has 0 aliphatic heterocycles. The Balaban J connectivity index is 1.54. The third-order valence-electron chi connectivity index (χ3n) is 4.51. The van der Waals surface area contributed by atoms with E-state index in [0.717, 1.165) is 5.56 Å². The lowest BCUT2D eigenvalue weighted by Crippen LogP contribution is -2.45. The molecule has 0 fully saturated rings. The van der Waals surface area contributed by atoms with E-state index >= 15 is 0 Å². The zero-order chi connectivity index (χ0) is 23.5. The summed E-state index contributed by atoms with van der Waals surface area (Å²) in [6, 6.07) is 19.1. The van der Waals surface area contributed by atoms with Crippen LogP contribution in [0.3, 0.4) is 0 Å². The first-order valence-electron chi connectivity index (χ1n) is 10.2. The monoisotopic (exact) mass is 449 g/mol. The minimum absolute atomic E-state index is 0.0938. The molecule has 3 aromatic rings. The van der Waals surface area contributed by atoms with Crippen LogP contribution in [-0.4, -0.2) is 36.5 Å². The number of imide groups is 1. The molecular formula is C24H23N3O6. The molecule has 9 nitrogen and oxygen atoms in total. The molecule has 1 aromatic heterocycles. The molecule has 0 saturated heterocycles. The van der Waals surface area contributed by atoms with Crippen LogP contribution < -0.4 is 16.0 Å². The zero-order valence-corrected chi connectivity index (χ0v) is 17.7. The van der Waals surface area contributed by atoms with Crippen LogP contribution in [0.5, 0.6) is 0 Å². The van der Waals surface area contributed by atoms with Crippen LogP contribution in [0.15, 0.2) is 83.5 Å². The molecule has 0 aliphatic carbocycles. The molecule has 3 rings (SSSR count). The first-order valence-corrected chi connectivity index (χ1v) is 10.2. The summed E-state index contributed by atoms with van der Waals surface area (Å²) in [6.07, 6.45) is 1.63. The van der Waals surface area contributed by atoms with Crippen molar-refractivity contribution >= 4 is 23.8 Å². The average Bonchev–Trinajstić information content (AvgIpc) is 3.36. The number of carbonyl (C=O) groups excluding carboxylic acids is 4. The van der Waals surface area contributed by atoms with Crippen molar-refractivity contribution in [3.63, 3.8) is 0 Å². The number of nitrogens with one attached hydrogen (secondary N) is 3. The van der Waals surface area contributed by atoms with Crippen molar-refractivity contribution < 1.29 is 28.3 Å². The molecule has 1 heterocycles. The average molecular weight is 449 g/mol. The quantitative estimate of drug-likeness (QED) is 0.430. The van der Waals surface area contributed by atoms with Crippen LogP contribution in [0, 0.1) is 0 Å². The van der Waals surface area contributed by atoms with E-state index < -0.39 is 36.5 Å². The van der Waals surface area contributed by atoms with Gasteiger partial charge >= 0.3 is 12.0 Å². The summed E-state index contributed by atoms with van der Waals surface area (Å²) in [5.74, 6) is -1.54. The highest BCUT2D eigenvalue weighted by Gasteiger charge is 2.24. The number of amides is 4. The highest BCUT2D eigenvalue weighted by Crippen LogP contribution is 2.07. The Labute approximate surface area is 190 Å². The number of urea groups is 1. The molecule has 33 heavy (non-hydrogen) atoms. The number of furan rings is 1. The smallest absolute Gasteiger partial charge is 0.329 e. The van der Waals surface area contributed by atoms with E-state index in [2.05, 4.69) is 16.0 Å². The molecule has 2 aromatic carbocycles. The van der Waals surface area contributed by atoms with E-state index in [1.165, 1.54) is 6.26 Å². The van der Waals surface area contributed by atoms with Gasteiger partial charge < -0.3 is 19.8 Å². The molecule has 9 heteroatoms. The van der Waals surface area contributed by atoms with E-state index in [1.807, 2.05) is 30.3 Å². The van der Waals surface area contributed by atoms with Crippen molar-refractivity contribution in [2.75, 3.05) is 6.61 Å². The first-order chi connectivity index (χ1) is 16.0. The maximum absolute atomic E-state index is 12.7. The Morgan fingerprint density at radius 3 is 2.24 bits per heavy atom. The van der Waals surface area contributed by atoms with Gasteiger partial charge in [-0.05, 0) is 29.8 Å². The number of carbonyl (C=O) groups is 4. The number of rotatable bonds is 9. The molecule has 3 N–H and O–H groups in total. The minimum Gasteiger partial charge on any atom is -0.467 e. The Hall–Kier alpha value is -4.40. The maximum atomic E-state index is 12.7. The maximum Gasteiger partial charge on any atom is 0.329 e. The van der Waals surface area contributed by atoms with Crippen molar-refractivity contribution in [3.05, 3.63) is 95.9 Å². The van der Waals surface area contributed by atoms with Crippen molar-refractivity contribution in [3.8, 4) is 0 Å². The fourth-order valence-corrected chi connectivity index (χ4v) is 2.90. The predicted molar refractivity (Wildman–Crippen MR) is 118 cm³/mol. The molecule has 1 unspecified atom stereocenters.